The number of hydrogen-bond donors (Lipinski definition) is 1. The van der Waals surface area contributed by atoms with Crippen LogP contribution < -0.4 is 10.1 Å². The predicted octanol–water partition coefficient (Wildman–Crippen LogP) is 5.24. The van der Waals surface area contributed by atoms with E-state index in [0.29, 0.717) is 22.5 Å². The van der Waals surface area contributed by atoms with Crippen molar-refractivity contribution in [2.75, 3.05) is 19.6 Å². The van der Waals surface area contributed by atoms with Crippen LogP contribution in [0.1, 0.15) is 19.0 Å². The number of aromatic nitrogens is 2. The van der Waals surface area contributed by atoms with E-state index in [1.807, 2.05) is 53.1 Å². The van der Waals surface area contributed by atoms with Gasteiger partial charge in [-0.3, -0.25) is 0 Å². The Morgan fingerprint density at radius 2 is 2.19 bits per heavy atom. The van der Waals surface area contributed by atoms with Gasteiger partial charge in [0.25, 0.3) is 0 Å². The highest BCUT2D eigenvalue weighted by Crippen LogP contribution is 2.32. The number of benzene rings is 1. The number of hydrogen-bond acceptors (Lipinski definition) is 6. The van der Waals surface area contributed by atoms with E-state index in [1.54, 1.807) is 0 Å². The summed E-state index contributed by atoms with van der Waals surface area (Å²) in [5, 5.41) is 8.19. The normalized spacial score (nSPS) is 16.6. The Labute approximate surface area is 194 Å². The number of carbonyl (C=O) groups is 1. The number of halogens is 1. The summed E-state index contributed by atoms with van der Waals surface area (Å²) in [6.45, 7) is 5.36. The minimum Gasteiger partial charge on any atom is -0.393 e. The number of carbonyl (C=O) groups excluding carboxylic acids is 1. The molecule has 4 aromatic rings. The van der Waals surface area contributed by atoms with Gasteiger partial charge in [0, 0.05) is 36.7 Å². The monoisotopic (exact) mass is 470 g/mol. The SMILES string of the molecule is CCN1CC[C@@H](NC(=O)Oc2cc3ccccc3n2Cc2cc(-c3ccc(Cl)s3)on2)C1. The van der Waals surface area contributed by atoms with Crippen molar-refractivity contribution in [1.82, 2.24) is 19.9 Å². The van der Waals surface area contributed by atoms with Crippen LogP contribution in [0, 0.1) is 0 Å². The molecule has 1 aliphatic rings. The molecule has 1 saturated heterocycles. The quantitative estimate of drug-likeness (QED) is 0.417. The molecular formula is C23H23ClN4O3S. The van der Waals surface area contributed by atoms with E-state index in [2.05, 4.69) is 22.3 Å². The van der Waals surface area contributed by atoms with Crippen molar-refractivity contribution in [2.45, 2.75) is 25.9 Å². The molecule has 0 saturated carbocycles. The molecule has 0 spiro atoms. The minimum atomic E-state index is -0.439. The maximum atomic E-state index is 12.6. The minimum absolute atomic E-state index is 0.107. The number of likely N-dealkylation sites (tertiary alicyclic amines) is 1. The average Bonchev–Trinajstić information content (AvgIpc) is 3.56. The second kappa shape index (κ2) is 8.97. The maximum Gasteiger partial charge on any atom is 0.414 e. The summed E-state index contributed by atoms with van der Waals surface area (Å²) in [5.41, 5.74) is 1.68. The summed E-state index contributed by atoms with van der Waals surface area (Å²) in [6.07, 6.45) is 0.492. The lowest BCUT2D eigenvalue weighted by Crippen LogP contribution is -2.39. The fourth-order valence-electron chi connectivity index (χ4n) is 4.07. The van der Waals surface area contributed by atoms with Gasteiger partial charge in [-0.15, -0.1) is 11.3 Å². The fraction of sp³-hybridized carbons (Fsp3) is 0.304. The molecule has 4 heterocycles. The van der Waals surface area contributed by atoms with E-state index in [9.17, 15) is 4.79 Å². The fourth-order valence-corrected chi connectivity index (χ4v) is 5.06. The molecule has 166 valence electrons. The molecule has 1 aromatic carbocycles. The highest BCUT2D eigenvalue weighted by molar-refractivity contribution is 7.19. The first-order chi connectivity index (χ1) is 15.6. The first-order valence-corrected chi connectivity index (χ1v) is 11.8. The lowest BCUT2D eigenvalue weighted by Gasteiger charge is -2.15. The second-order valence-corrected chi connectivity index (χ2v) is 9.54. The molecule has 1 amide bonds. The van der Waals surface area contributed by atoms with E-state index in [1.165, 1.54) is 11.3 Å². The average molecular weight is 471 g/mol. The van der Waals surface area contributed by atoms with Crippen LogP contribution in [0.25, 0.3) is 21.5 Å². The molecule has 1 fully saturated rings. The highest BCUT2D eigenvalue weighted by atomic mass is 35.5. The first-order valence-electron chi connectivity index (χ1n) is 10.6. The zero-order valence-electron chi connectivity index (χ0n) is 17.6. The first kappa shape index (κ1) is 21.1. The molecule has 3 aromatic heterocycles. The van der Waals surface area contributed by atoms with Crippen LogP contribution >= 0.6 is 22.9 Å². The van der Waals surface area contributed by atoms with Crippen molar-refractivity contribution in [3.05, 3.63) is 58.6 Å². The number of ether oxygens (including phenoxy) is 1. The number of fused-ring (bicyclic) bond motifs is 1. The van der Waals surface area contributed by atoms with Gasteiger partial charge >= 0.3 is 6.09 Å². The smallest absolute Gasteiger partial charge is 0.393 e. The zero-order chi connectivity index (χ0) is 22.1. The molecule has 1 atom stereocenters. The van der Waals surface area contributed by atoms with Gasteiger partial charge in [-0.25, -0.2) is 4.79 Å². The van der Waals surface area contributed by atoms with E-state index in [0.717, 1.165) is 47.5 Å². The molecular weight excluding hydrogens is 448 g/mol. The van der Waals surface area contributed by atoms with Gasteiger partial charge in [0.05, 0.1) is 21.3 Å². The maximum absolute atomic E-state index is 12.6. The molecule has 0 unspecified atom stereocenters. The number of amides is 1. The third kappa shape index (κ3) is 4.39. The molecule has 32 heavy (non-hydrogen) atoms. The van der Waals surface area contributed by atoms with Crippen LogP contribution in [0.4, 0.5) is 4.79 Å². The van der Waals surface area contributed by atoms with Crippen LogP contribution in [0.3, 0.4) is 0 Å². The Hall–Kier alpha value is -2.81. The van der Waals surface area contributed by atoms with Crippen molar-refractivity contribution in [3.63, 3.8) is 0 Å². The molecule has 0 aliphatic carbocycles. The number of nitrogens with one attached hydrogen (secondary N) is 1. The van der Waals surface area contributed by atoms with Gasteiger partial charge in [0.2, 0.25) is 5.88 Å². The summed E-state index contributed by atoms with van der Waals surface area (Å²) < 4.78 is 13.9. The van der Waals surface area contributed by atoms with Gasteiger partial charge in [-0.05, 0) is 31.2 Å². The van der Waals surface area contributed by atoms with Crippen LogP contribution in [0.2, 0.25) is 4.34 Å². The molecule has 0 radical (unpaired) electrons. The van der Waals surface area contributed by atoms with Crippen LogP contribution in [-0.2, 0) is 6.54 Å². The van der Waals surface area contributed by atoms with Crippen molar-refractivity contribution >= 4 is 39.9 Å². The van der Waals surface area contributed by atoms with Crippen LogP contribution in [0.5, 0.6) is 5.88 Å². The van der Waals surface area contributed by atoms with E-state index >= 15 is 0 Å². The van der Waals surface area contributed by atoms with Gasteiger partial charge < -0.3 is 24.0 Å². The summed E-state index contributed by atoms with van der Waals surface area (Å²) in [7, 11) is 0. The summed E-state index contributed by atoms with van der Waals surface area (Å²) in [5.74, 6) is 1.13. The van der Waals surface area contributed by atoms with Crippen molar-refractivity contribution in [1.29, 1.82) is 0 Å². The number of thiophene rings is 1. The topological polar surface area (TPSA) is 72.5 Å². The predicted molar refractivity (Wildman–Crippen MR) is 126 cm³/mol. The highest BCUT2D eigenvalue weighted by Gasteiger charge is 2.24. The zero-order valence-corrected chi connectivity index (χ0v) is 19.2. The van der Waals surface area contributed by atoms with Gasteiger partial charge in [0.1, 0.15) is 5.69 Å². The number of likely N-dealkylation sites (N-methyl/N-ethyl adjacent to an activating group) is 1. The van der Waals surface area contributed by atoms with E-state index in [4.69, 9.17) is 20.9 Å². The third-order valence-corrected chi connectivity index (χ3v) is 6.95. The lowest BCUT2D eigenvalue weighted by atomic mass is 10.2. The Balaban J connectivity index is 1.36. The Morgan fingerprint density at radius 1 is 1.31 bits per heavy atom. The van der Waals surface area contributed by atoms with Gasteiger partial charge in [-0.1, -0.05) is 41.9 Å². The molecule has 1 N–H and O–H groups in total. The molecule has 5 rings (SSSR count). The Bertz CT molecular complexity index is 1250. The van der Waals surface area contributed by atoms with Crippen molar-refractivity contribution in [3.8, 4) is 16.5 Å². The largest absolute Gasteiger partial charge is 0.414 e. The summed E-state index contributed by atoms with van der Waals surface area (Å²) in [6, 6.07) is 15.5. The second-order valence-electron chi connectivity index (χ2n) is 7.83. The standard InChI is InChI=1S/C23H23ClN4O3S/c1-2-27-10-9-16(13-27)25-23(29)30-22-11-15-5-3-4-6-18(15)28(22)14-17-12-19(31-26-17)20-7-8-21(24)32-20/h3-8,11-12,16H,2,9-10,13-14H2,1H3,(H,25,29)/t16-/m1/s1. The molecule has 1 aliphatic heterocycles. The summed E-state index contributed by atoms with van der Waals surface area (Å²) >= 11 is 7.48. The summed E-state index contributed by atoms with van der Waals surface area (Å²) in [4.78, 5) is 15.9. The van der Waals surface area contributed by atoms with Crippen molar-refractivity contribution in [2.24, 2.45) is 0 Å². The van der Waals surface area contributed by atoms with E-state index in [-0.39, 0.29) is 6.04 Å². The number of rotatable bonds is 6. The van der Waals surface area contributed by atoms with Crippen LogP contribution in [0.15, 0.2) is 53.1 Å². The number of para-hydroxylation sites is 1. The van der Waals surface area contributed by atoms with Gasteiger partial charge in [-0.2, -0.15) is 0 Å². The molecule has 0 bridgehead atoms. The van der Waals surface area contributed by atoms with Gasteiger partial charge in [0.15, 0.2) is 5.76 Å². The van der Waals surface area contributed by atoms with E-state index < -0.39 is 6.09 Å². The lowest BCUT2D eigenvalue weighted by molar-refractivity contribution is 0.192. The third-order valence-electron chi connectivity index (χ3n) is 5.71. The number of nitrogens with zero attached hydrogens (tertiary/aromatic N) is 3. The van der Waals surface area contributed by atoms with Crippen molar-refractivity contribution < 1.29 is 14.1 Å². The molecule has 9 heteroatoms. The Morgan fingerprint density at radius 3 is 2.97 bits per heavy atom. The van der Waals surface area contributed by atoms with Crippen LogP contribution in [-0.4, -0.2) is 46.4 Å². The Kier molecular flexibility index (Phi) is 5.91. The molecule has 7 nitrogen and oxygen atoms in total.